The van der Waals surface area contributed by atoms with Crippen LogP contribution in [0.1, 0.15) is 21.5 Å². The Bertz CT molecular complexity index is 377. The van der Waals surface area contributed by atoms with Crippen LogP contribution in [0.4, 0.5) is 0 Å². The van der Waals surface area contributed by atoms with Gasteiger partial charge in [0.25, 0.3) is 5.91 Å². The lowest BCUT2D eigenvalue weighted by Gasteiger charge is -2.08. The molecule has 0 unspecified atom stereocenters. The number of hydrogen-bond donors (Lipinski definition) is 1. The molecular weight excluding hydrogens is 211 g/mol. The second kappa shape index (κ2) is 3.52. The molecule has 2 N–H and O–H groups in total. The normalized spacial score (nSPS) is 10.2. The van der Waals surface area contributed by atoms with Gasteiger partial charge in [-0.3, -0.25) is 4.79 Å². The largest absolute Gasteiger partial charge is 0.365 e. The lowest BCUT2D eigenvalue weighted by atomic mass is 10.1. The maximum atomic E-state index is 11.0. The first-order valence-electron chi connectivity index (χ1n) is 3.57. The molecule has 0 aromatic carbocycles. The Morgan fingerprint density at radius 1 is 1.23 bits per heavy atom. The van der Waals surface area contributed by atoms with E-state index in [9.17, 15) is 4.79 Å². The van der Waals surface area contributed by atoms with Crippen LogP contribution in [0, 0.1) is 13.8 Å². The fourth-order valence-corrected chi connectivity index (χ4v) is 1.60. The third-order valence-corrected chi connectivity index (χ3v) is 2.54. The molecule has 13 heavy (non-hydrogen) atoms. The van der Waals surface area contributed by atoms with Gasteiger partial charge in [-0.1, -0.05) is 23.2 Å². The highest BCUT2D eigenvalue weighted by atomic mass is 35.5. The number of aromatic nitrogens is 1. The van der Waals surface area contributed by atoms with Crippen LogP contribution in [0.2, 0.25) is 10.3 Å². The third-order valence-electron chi connectivity index (χ3n) is 1.90. The van der Waals surface area contributed by atoms with Gasteiger partial charge in [-0.25, -0.2) is 4.98 Å². The zero-order valence-electron chi connectivity index (χ0n) is 7.19. The van der Waals surface area contributed by atoms with Gasteiger partial charge in [0.1, 0.15) is 10.3 Å². The first-order chi connectivity index (χ1) is 5.95. The summed E-state index contributed by atoms with van der Waals surface area (Å²) >= 11 is 11.5. The average molecular weight is 219 g/mol. The number of amides is 1. The zero-order valence-corrected chi connectivity index (χ0v) is 8.70. The lowest BCUT2D eigenvalue weighted by Crippen LogP contribution is -2.15. The van der Waals surface area contributed by atoms with E-state index in [-0.39, 0.29) is 10.7 Å². The van der Waals surface area contributed by atoms with Crippen molar-refractivity contribution in [3.63, 3.8) is 0 Å². The summed E-state index contributed by atoms with van der Waals surface area (Å²) in [6, 6.07) is 0. The van der Waals surface area contributed by atoms with Crippen molar-refractivity contribution in [2.45, 2.75) is 13.8 Å². The van der Waals surface area contributed by atoms with Gasteiger partial charge in [-0.05, 0) is 25.0 Å². The fourth-order valence-electron chi connectivity index (χ4n) is 1.01. The van der Waals surface area contributed by atoms with Gasteiger partial charge in [-0.15, -0.1) is 0 Å². The zero-order chi connectivity index (χ0) is 10.2. The Hall–Kier alpha value is -0.800. The van der Waals surface area contributed by atoms with Crippen molar-refractivity contribution in [3.05, 3.63) is 27.0 Å². The van der Waals surface area contributed by atoms with E-state index < -0.39 is 5.91 Å². The summed E-state index contributed by atoms with van der Waals surface area (Å²) in [4.78, 5) is 14.7. The molecule has 0 saturated heterocycles. The standard InChI is InChI=1S/C8H8Cl2N2O/c1-3-4(2)6(9)12-7(10)5(3)8(11)13/h1-2H3,(H2,11,13). The van der Waals surface area contributed by atoms with Crippen LogP contribution >= 0.6 is 23.2 Å². The fraction of sp³-hybridized carbons (Fsp3) is 0.250. The van der Waals surface area contributed by atoms with Crippen molar-refractivity contribution in [2.24, 2.45) is 5.73 Å². The summed E-state index contributed by atoms with van der Waals surface area (Å²) in [5.41, 5.74) is 6.77. The van der Waals surface area contributed by atoms with Crippen LogP contribution < -0.4 is 5.73 Å². The van der Waals surface area contributed by atoms with E-state index in [1.165, 1.54) is 0 Å². The number of nitrogens with two attached hydrogens (primary N) is 1. The molecule has 0 radical (unpaired) electrons. The monoisotopic (exact) mass is 218 g/mol. The molecule has 1 aromatic heterocycles. The van der Waals surface area contributed by atoms with Crippen molar-refractivity contribution in [3.8, 4) is 0 Å². The second-order valence-electron chi connectivity index (χ2n) is 2.68. The van der Waals surface area contributed by atoms with Crippen LogP contribution in [0.5, 0.6) is 0 Å². The highest BCUT2D eigenvalue weighted by Gasteiger charge is 2.15. The minimum absolute atomic E-state index is 0.0561. The second-order valence-corrected chi connectivity index (χ2v) is 3.40. The summed E-state index contributed by atoms with van der Waals surface area (Å²) < 4.78 is 0. The average Bonchev–Trinajstić information content (AvgIpc) is 1.99. The van der Waals surface area contributed by atoms with E-state index in [4.69, 9.17) is 28.9 Å². The first kappa shape index (κ1) is 10.3. The SMILES string of the molecule is Cc1c(Cl)nc(Cl)c(C(N)=O)c1C. The molecule has 1 rings (SSSR count). The minimum atomic E-state index is -0.588. The van der Waals surface area contributed by atoms with Gasteiger partial charge < -0.3 is 5.73 Å². The molecule has 0 aliphatic heterocycles. The summed E-state index contributed by atoms with van der Waals surface area (Å²) in [5.74, 6) is -0.588. The molecule has 1 amide bonds. The number of nitrogens with zero attached hydrogens (tertiary/aromatic N) is 1. The Labute approximate surface area is 85.9 Å². The molecule has 0 atom stereocenters. The smallest absolute Gasteiger partial charge is 0.252 e. The molecule has 5 heteroatoms. The highest BCUT2D eigenvalue weighted by molar-refractivity contribution is 6.35. The van der Waals surface area contributed by atoms with Gasteiger partial charge in [-0.2, -0.15) is 0 Å². The number of primary amides is 1. The van der Waals surface area contributed by atoms with Gasteiger partial charge >= 0.3 is 0 Å². The Balaban J connectivity index is 3.53. The highest BCUT2D eigenvalue weighted by Crippen LogP contribution is 2.25. The Kier molecular flexibility index (Phi) is 2.78. The van der Waals surface area contributed by atoms with Crippen LogP contribution in [0.25, 0.3) is 0 Å². The van der Waals surface area contributed by atoms with Crippen LogP contribution in [0.3, 0.4) is 0 Å². The van der Waals surface area contributed by atoms with Crippen LogP contribution in [0.15, 0.2) is 0 Å². The van der Waals surface area contributed by atoms with E-state index in [1.54, 1.807) is 13.8 Å². The minimum Gasteiger partial charge on any atom is -0.365 e. The van der Waals surface area contributed by atoms with Gasteiger partial charge in [0.2, 0.25) is 0 Å². The van der Waals surface area contributed by atoms with Crippen molar-refractivity contribution in [1.29, 1.82) is 0 Å². The molecule has 1 heterocycles. The maximum absolute atomic E-state index is 11.0. The van der Waals surface area contributed by atoms with Gasteiger partial charge in [0, 0.05) is 0 Å². The molecule has 0 aliphatic rings. The predicted octanol–water partition coefficient (Wildman–Crippen LogP) is 2.10. The molecule has 3 nitrogen and oxygen atoms in total. The summed E-state index contributed by atoms with van der Waals surface area (Å²) in [5, 5.41) is 0.355. The number of halogens is 2. The van der Waals surface area contributed by atoms with E-state index >= 15 is 0 Å². The number of rotatable bonds is 1. The molecule has 0 aliphatic carbocycles. The molecule has 0 bridgehead atoms. The Morgan fingerprint density at radius 2 is 1.77 bits per heavy atom. The molecule has 70 valence electrons. The molecule has 1 aromatic rings. The van der Waals surface area contributed by atoms with E-state index in [2.05, 4.69) is 4.98 Å². The quantitative estimate of drug-likeness (QED) is 0.735. The van der Waals surface area contributed by atoms with Crippen molar-refractivity contribution >= 4 is 29.1 Å². The lowest BCUT2D eigenvalue weighted by molar-refractivity contribution is 0.0999. The van der Waals surface area contributed by atoms with Crippen LogP contribution in [-0.4, -0.2) is 10.9 Å². The predicted molar refractivity (Wildman–Crippen MR) is 52.2 cm³/mol. The van der Waals surface area contributed by atoms with Crippen LogP contribution in [-0.2, 0) is 0 Å². The van der Waals surface area contributed by atoms with E-state index in [0.29, 0.717) is 10.7 Å². The molecule has 0 spiro atoms. The topological polar surface area (TPSA) is 56.0 Å². The van der Waals surface area contributed by atoms with Crippen molar-refractivity contribution < 1.29 is 4.79 Å². The summed E-state index contributed by atoms with van der Waals surface area (Å²) in [6.45, 7) is 3.49. The number of carbonyl (C=O) groups excluding carboxylic acids is 1. The van der Waals surface area contributed by atoms with Gasteiger partial charge in [0.15, 0.2) is 0 Å². The summed E-state index contributed by atoms with van der Waals surface area (Å²) in [7, 11) is 0. The Morgan fingerprint density at radius 3 is 2.23 bits per heavy atom. The maximum Gasteiger partial charge on any atom is 0.252 e. The summed E-state index contributed by atoms with van der Waals surface area (Å²) in [6.07, 6.45) is 0. The third kappa shape index (κ3) is 1.76. The number of hydrogen-bond acceptors (Lipinski definition) is 2. The van der Waals surface area contributed by atoms with E-state index in [1.807, 2.05) is 0 Å². The van der Waals surface area contributed by atoms with Gasteiger partial charge in [0.05, 0.1) is 5.56 Å². The van der Waals surface area contributed by atoms with Crippen molar-refractivity contribution in [2.75, 3.05) is 0 Å². The molecule has 0 saturated carbocycles. The molecule has 0 fully saturated rings. The van der Waals surface area contributed by atoms with E-state index in [0.717, 1.165) is 5.56 Å². The molecular formula is C8H8Cl2N2O. The number of carbonyl (C=O) groups is 1. The number of pyridine rings is 1. The first-order valence-corrected chi connectivity index (χ1v) is 4.32. The van der Waals surface area contributed by atoms with Crippen molar-refractivity contribution in [1.82, 2.24) is 4.98 Å².